The average Bonchev–Trinajstić information content (AvgIpc) is 2.98. The Labute approximate surface area is 259 Å². The van der Waals surface area contributed by atoms with Gasteiger partial charge in [-0.05, 0) is 72.1 Å². The first kappa shape index (κ1) is 31.6. The average molecular weight is 665 g/mol. The van der Waals surface area contributed by atoms with Crippen LogP contribution in [0.2, 0.25) is 0 Å². The summed E-state index contributed by atoms with van der Waals surface area (Å²) in [4.78, 5) is 21.1. The number of nitrogens with two attached hydrogens (primary N) is 1. The molecule has 0 radical (unpaired) electrons. The number of azo groups is 2. The molecule has 46 heavy (non-hydrogen) atoms. The standard InChI is InChI=1S/C28H20N6O10S2/c29-28(38)30-17-6-3-15-11-24(46(42,43)44)25(26(35)20(15)12-17)34-33-23-10-9-22(19-8-7-18(13-21(19)23)45(39,40)41)32-31-16-4-1-14(2-5-16)27(36)37/h1-13,35H,(H,36,37)(H3,29,30,38)(H,39,40,41)(H,42,43,44). The summed E-state index contributed by atoms with van der Waals surface area (Å²) < 4.78 is 67.9. The highest BCUT2D eigenvalue weighted by molar-refractivity contribution is 7.86. The maximum atomic E-state index is 12.2. The van der Waals surface area contributed by atoms with Crippen molar-refractivity contribution < 1.29 is 45.7 Å². The second kappa shape index (κ2) is 11.9. The van der Waals surface area contributed by atoms with Crippen molar-refractivity contribution in [2.75, 3.05) is 5.32 Å². The fourth-order valence-electron chi connectivity index (χ4n) is 4.37. The first-order valence-corrected chi connectivity index (χ1v) is 15.5. The number of amides is 2. The number of carboxylic acids is 1. The first-order chi connectivity index (χ1) is 21.6. The number of nitrogens with zero attached hydrogens (tertiary/aromatic N) is 4. The predicted octanol–water partition coefficient (Wildman–Crippen LogP) is 6.21. The van der Waals surface area contributed by atoms with E-state index in [-0.39, 0.29) is 44.2 Å². The Morgan fingerprint density at radius 2 is 1.35 bits per heavy atom. The maximum absolute atomic E-state index is 12.2. The van der Waals surface area contributed by atoms with Crippen LogP contribution in [0, 0.1) is 0 Å². The van der Waals surface area contributed by atoms with Crippen LogP contribution in [0.25, 0.3) is 21.5 Å². The normalized spacial score (nSPS) is 12.3. The second-order valence-electron chi connectivity index (χ2n) is 9.51. The van der Waals surface area contributed by atoms with Crippen LogP contribution >= 0.6 is 0 Å². The summed E-state index contributed by atoms with van der Waals surface area (Å²) >= 11 is 0. The SMILES string of the molecule is NC(=O)Nc1ccc2cc(S(=O)(=O)O)c(N=Nc3ccc(N=Nc4ccc(C(=O)O)cc4)c4ccc(S(=O)(=O)O)cc34)c(O)c2c1. The van der Waals surface area contributed by atoms with E-state index in [1.165, 1.54) is 60.7 Å². The number of rotatable bonds is 8. The number of aromatic carboxylic acids is 1. The third-order valence-electron chi connectivity index (χ3n) is 6.48. The van der Waals surface area contributed by atoms with E-state index >= 15 is 0 Å². The lowest BCUT2D eigenvalue weighted by atomic mass is 10.1. The highest BCUT2D eigenvalue weighted by atomic mass is 32.2. The zero-order valence-electron chi connectivity index (χ0n) is 22.9. The number of carboxylic acid groups (broad SMARTS) is 1. The molecular weight excluding hydrogens is 644 g/mol. The topological polar surface area (TPSA) is 271 Å². The molecule has 0 saturated carbocycles. The molecule has 234 valence electrons. The fraction of sp³-hybridized carbons (Fsp3) is 0. The molecule has 0 fully saturated rings. The third kappa shape index (κ3) is 6.64. The fourth-order valence-corrected chi connectivity index (χ4v) is 5.54. The molecule has 5 aromatic rings. The molecule has 0 aliphatic heterocycles. The minimum Gasteiger partial charge on any atom is -0.505 e. The van der Waals surface area contributed by atoms with Crippen LogP contribution in [0.5, 0.6) is 5.75 Å². The minimum atomic E-state index is -4.97. The number of hydrogen-bond donors (Lipinski definition) is 6. The van der Waals surface area contributed by atoms with Gasteiger partial charge in [-0.3, -0.25) is 9.11 Å². The van der Waals surface area contributed by atoms with Crippen LogP contribution in [0.4, 0.5) is 33.2 Å². The van der Waals surface area contributed by atoms with Gasteiger partial charge in [0.2, 0.25) is 0 Å². The molecule has 16 nitrogen and oxygen atoms in total. The predicted molar refractivity (Wildman–Crippen MR) is 164 cm³/mol. The molecular formula is C28H20N6O10S2. The number of carbonyl (C=O) groups excluding carboxylic acids is 1. The van der Waals surface area contributed by atoms with E-state index in [0.29, 0.717) is 5.69 Å². The Balaban J connectivity index is 1.66. The van der Waals surface area contributed by atoms with Gasteiger partial charge in [0.05, 0.1) is 27.5 Å². The van der Waals surface area contributed by atoms with Gasteiger partial charge < -0.3 is 21.3 Å². The number of benzene rings is 5. The van der Waals surface area contributed by atoms with Crippen LogP contribution in [-0.2, 0) is 20.2 Å². The molecule has 18 heteroatoms. The smallest absolute Gasteiger partial charge is 0.335 e. The molecule has 0 heterocycles. The Morgan fingerprint density at radius 1 is 0.696 bits per heavy atom. The van der Waals surface area contributed by atoms with Gasteiger partial charge in [-0.25, -0.2) is 9.59 Å². The molecule has 0 saturated heterocycles. The second-order valence-corrected chi connectivity index (χ2v) is 12.3. The van der Waals surface area contributed by atoms with Crippen LogP contribution < -0.4 is 11.1 Å². The van der Waals surface area contributed by atoms with E-state index in [0.717, 1.165) is 18.2 Å². The number of aromatic hydroxyl groups is 1. The van der Waals surface area contributed by atoms with Crippen molar-refractivity contribution in [3.05, 3.63) is 84.4 Å². The number of primary amides is 1. The van der Waals surface area contributed by atoms with Gasteiger partial charge >= 0.3 is 12.0 Å². The molecule has 0 aliphatic carbocycles. The van der Waals surface area contributed by atoms with E-state index < -0.39 is 53.5 Å². The molecule has 0 atom stereocenters. The van der Waals surface area contributed by atoms with Gasteiger partial charge in [-0.2, -0.15) is 21.9 Å². The monoisotopic (exact) mass is 664 g/mol. The quantitative estimate of drug-likeness (QED) is 0.0805. The summed E-state index contributed by atoms with van der Waals surface area (Å²) in [7, 11) is -9.67. The number of hydrogen-bond acceptors (Lipinski definition) is 11. The Morgan fingerprint density at radius 3 is 1.96 bits per heavy atom. The summed E-state index contributed by atoms with van der Waals surface area (Å²) in [5, 5.41) is 39.0. The van der Waals surface area contributed by atoms with Crippen LogP contribution in [0.3, 0.4) is 0 Å². The van der Waals surface area contributed by atoms with Crippen molar-refractivity contribution in [2.24, 2.45) is 26.2 Å². The zero-order chi connectivity index (χ0) is 33.4. The van der Waals surface area contributed by atoms with Crippen molar-refractivity contribution in [1.29, 1.82) is 0 Å². The lowest BCUT2D eigenvalue weighted by Crippen LogP contribution is -2.19. The van der Waals surface area contributed by atoms with Crippen molar-refractivity contribution in [3.8, 4) is 5.75 Å². The highest BCUT2D eigenvalue weighted by Crippen LogP contribution is 2.43. The maximum Gasteiger partial charge on any atom is 0.335 e. The molecule has 0 spiro atoms. The van der Waals surface area contributed by atoms with E-state index in [4.69, 9.17) is 10.8 Å². The number of phenolic OH excluding ortho intramolecular Hbond substituents is 1. The molecule has 2 amide bonds. The van der Waals surface area contributed by atoms with Crippen LogP contribution in [0.1, 0.15) is 10.4 Å². The van der Waals surface area contributed by atoms with E-state index in [2.05, 4.69) is 25.8 Å². The number of phenols is 1. The number of anilines is 1. The third-order valence-corrected chi connectivity index (χ3v) is 8.20. The van der Waals surface area contributed by atoms with E-state index in [1.807, 2.05) is 0 Å². The van der Waals surface area contributed by atoms with Crippen molar-refractivity contribution >= 4 is 82.2 Å². The van der Waals surface area contributed by atoms with Crippen molar-refractivity contribution in [3.63, 3.8) is 0 Å². The minimum absolute atomic E-state index is 0.0123. The Kier molecular flexibility index (Phi) is 8.20. The zero-order valence-corrected chi connectivity index (χ0v) is 24.6. The summed E-state index contributed by atoms with van der Waals surface area (Å²) in [5.41, 5.74) is 5.08. The van der Waals surface area contributed by atoms with Crippen molar-refractivity contribution in [1.82, 2.24) is 0 Å². The highest BCUT2D eigenvalue weighted by Gasteiger charge is 2.23. The van der Waals surface area contributed by atoms with Gasteiger partial charge in [0, 0.05) is 21.8 Å². The Hall–Kier alpha value is -5.82. The van der Waals surface area contributed by atoms with Crippen LogP contribution in [-0.4, -0.2) is 48.2 Å². The van der Waals surface area contributed by atoms with Gasteiger partial charge in [0.15, 0.2) is 5.75 Å². The largest absolute Gasteiger partial charge is 0.505 e. The molecule has 0 aromatic heterocycles. The summed E-state index contributed by atoms with van der Waals surface area (Å²) in [5.74, 6) is -1.86. The molecule has 0 unspecified atom stereocenters. The molecule has 0 aliphatic rings. The van der Waals surface area contributed by atoms with Gasteiger partial charge in [-0.1, -0.05) is 12.1 Å². The summed E-state index contributed by atoms with van der Waals surface area (Å²) in [6.45, 7) is 0. The van der Waals surface area contributed by atoms with Gasteiger partial charge in [-0.15, -0.1) is 15.3 Å². The number of nitrogens with one attached hydrogen (secondary N) is 1. The van der Waals surface area contributed by atoms with Gasteiger partial charge in [0.25, 0.3) is 20.2 Å². The summed E-state index contributed by atoms with van der Waals surface area (Å²) in [6.07, 6.45) is 0. The molecule has 0 bridgehead atoms. The molecule has 5 aromatic carbocycles. The lowest BCUT2D eigenvalue weighted by Gasteiger charge is -2.11. The first-order valence-electron chi connectivity index (χ1n) is 12.7. The van der Waals surface area contributed by atoms with Crippen LogP contribution in [0.15, 0.2) is 109 Å². The number of carbonyl (C=O) groups is 2. The van der Waals surface area contributed by atoms with E-state index in [1.54, 1.807) is 0 Å². The Bertz CT molecular complexity index is 2360. The molecule has 5 rings (SSSR count). The van der Waals surface area contributed by atoms with Gasteiger partial charge in [0.1, 0.15) is 10.6 Å². The molecule has 7 N–H and O–H groups in total. The lowest BCUT2D eigenvalue weighted by molar-refractivity contribution is 0.0696. The summed E-state index contributed by atoms with van der Waals surface area (Å²) in [6, 6.07) is 15.8. The van der Waals surface area contributed by atoms with E-state index in [9.17, 15) is 40.6 Å². The van der Waals surface area contributed by atoms with Crippen molar-refractivity contribution in [2.45, 2.75) is 9.79 Å². The number of urea groups is 1. The number of fused-ring (bicyclic) bond motifs is 2.